The fraction of sp³-hybridized carbons (Fsp3) is 0.718. The van der Waals surface area contributed by atoms with Gasteiger partial charge >= 0.3 is 36.4 Å². The molecule has 0 aliphatic heterocycles. The van der Waals surface area contributed by atoms with Crippen molar-refractivity contribution in [3.05, 3.63) is 102 Å². The van der Waals surface area contributed by atoms with E-state index in [1.807, 2.05) is 139 Å². The van der Waals surface area contributed by atoms with Crippen LogP contribution in [0.2, 0.25) is 0 Å². The maximum Gasteiger partial charge on any atom is 0.373 e. The van der Waals surface area contributed by atoms with Gasteiger partial charge in [0, 0.05) is 59.9 Å². The second-order valence-electron chi connectivity index (χ2n) is 27.2. The first-order chi connectivity index (χ1) is 45.4. The molecule has 0 N–H and O–H groups in total. The van der Waals surface area contributed by atoms with E-state index in [1.54, 1.807) is 50.4 Å². The zero-order chi connectivity index (χ0) is 74.7. The molecule has 5 rings (SSSR count). The monoisotopic (exact) mass is 1400 g/mol. The summed E-state index contributed by atoms with van der Waals surface area (Å²) in [4.78, 5) is 124. The van der Waals surface area contributed by atoms with Crippen molar-refractivity contribution in [3.8, 4) is 0 Å². The Balaban J connectivity index is 0.00000135. The van der Waals surface area contributed by atoms with Gasteiger partial charge in [-0.3, -0.25) is 39.9 Å². The van der Waals surface area contributed by atoms with Gasteiger partial charge in [0.2, 0.25) is 18.1 Å². The number of thioether (sulfide) groups is 2. The predicted octanol–water partition coefficient (Wildman–Crippen LogP) is 13.9. The first-order valence-electron chi connectivity index (χ1n) is 33.5. The van der Waals surface area contributed by atoms with E-state index >= 15 is 0 Å². The van der Waals surface area contributed by atoms with Crippen molar-refractivity contribution in [1.29, 1.82) is 0 Å². The number of aryl methyl sites for hydroxylation is 2. The van der Waals surface area contributed by atoms with Gasteiger partial charge in [0.1, 0.15) is 0 Å². The van der Waals surface area contributed by atoms with E-state index in [9.17, 15) is 44.7 Å². The Morgan fingerprint density at radius 3 is 1.02 bits per heavy atom. The van der Waals surface area contributed by atoms with Crippen molar-refractivity contribution in [2.24, 2.45) is 45.8 Å². The molecule has 4 unspecified atom stereocenters. The highest BCUT2D eigenvalue weighted by Gasteiger charge is 2.59. The molecule has 97 heavy (non-hydrogen) atoms. The summed E-state index contributed by atoms with van der Waals surface area (Å²) in [5.74, 6) is -3.37. The molecular weight excluding hydrogens is 1290 g/mol. The summed E-state index contributed by atoms with van der Waals surface area (Å²) in [6.07, 6.45) is 6.51. The largest absolute Gasteiger partial charge is 0.466 e. The van der Waals surface area contributed by atoms with Crippen molar-refractivity contribution < 1.29 is 86.3 Å². The molecule has 2 aromatic rings. The molecule has 0 amide bonds. The van der Waals surface area contributed by atoms with Gasteiger partial charge in [-0.15, -0.1) is 23.5 Å². The van der Waals surface area contributed by atoms with Crippen molar-refractivity contribution in [1.82, 2.24) is 0 Å². The van der Waals surface area contributed by atoms with Crippen LogP contribution in [0.3, 0.4) is 0 Å². The number of nitro groups is 3. The number of carbonyl (C=O) groups excluding carboxylic acids is 9. The smallest absolute Gasteiger partial charge is 0.373 e. The van der Waals surface area contributed by atoms with Gasteiger partial charge in [0.05, 0.1) is 86.0 Å². The van der Waals surface area contributed by atoms with Crippen LogP contribution in [0.1, 0.15) is 194 Å². The number of carbonyl (C=O) groups is 3. The van der Waals surface area contributed by atoms with Crippen LogP contribution in [0.4, 0.5) is 0 Å². The zero-order valence-corrected chi connectivity index (χ0v) is 62.3. The summed E-state index contributed by atoms with van der Waals surface area (Å²) >= 11 is 3.18. The second-order valence-corrected chi connectivity index (χ2v) is 29.7. The molecule has 0 bridgehead atoms. The van der Waals surface area contributed by atoms with E-state index < -0.39 is 54.2 Å². The number of hydrogen-bond acceptors (Lipinski definition) is 23. The number of ether oxygens (including phenoxy) is 6. The van der Waals surface area contributed by atoms with Gasteiger partial charge in [-0.1, -0.05) is 139 Å². The van der Waals surface area contributed by atoms with Crippen molar-refractivity contribution in [2.45, 2.75) is 271 Å². The molecule has 2 fully saturated rings. The van der Waals surface area contributed by atoms with Gasteiger partial charge in [0.15, 0.2) is 0 Å². The molecule has 2 aromatic carbocycles. The standard InChI is InChI=1S/2C25H39NO5S.C18H31NO5.3CO2/c2*1-8-17(9-2)31-22-21(25(5,6)7)20(26(28)29)15-19(24(27)30-10-3)23(22)32-18-13-11-16(4)12-14-18;1-7-13(8-2)24-15-11-12(17(20)23-9-3)10-14(19(21)22)16(15)18(4,5)6;3*2-1-3/h2*11-14,17,19-23H,8-10,15H2,1-7H3;11,13-16H,7-10H2,1-6H3;;;/t19?,20?,21-,22+,23?;19-,20+,21-,22+,23-;14?,15-,16-;;;/m111.../s1. The van der Waals surface area contributed by atoms with Gasteiger partial charge in [-0.05, 0) is 120 Å². The van der Waals surface area contributed by atoms with E-state index in [0.717, 1.165) is 59.4 Å². The predicted molar refractivity (Wildman–Crippen MR) is 364 cm³/mol. The second kappa shape index (κ2) is 45.2. The minimum Gasteiger partial charge on any atom is -0.466 e. The summed E-state index contributed by atoms with van der Waals surface area (Å²) in [5.41, 5.74) is 1.64. The molecule has 2 saturated carbocycles. The summed E-state index contributed by atoms with van der Waals surface area (Å²) < 4.78 is 35.3. The molecule has 546 valence electrons. The number of hydrogen-bond donors (Lipinski definition) is 0. The Kier molecular flexibility index (Phi) is 42.2. The number of benzene rings is 2. The summed E-state index contributed by atoms with van der Waals surface area (Å²) in [6.45, 7) is 40.6. The first-order valence-corrected chi connectivity index (χ1v) is 35.2. The third-order valence-corrected chi connectivity index (χ3v) is 20.3. The van der Waals surface area contributed by atoms with E-state index in [0.29, 0.717) is 5.57 Å². The van der Waals surface area contributed by atoms with Crippen molar-refractivity contribution >= 4 is 59.9 Å². The van der Waals surface area contributed by atoms with Crippen LogP contribution >= 0.6 is 23.5 Å². The van der Waals surface area contributed by atoms with Crippen LogP contribution in [0, 0.1) is 90.0 Å². The van der Waals surface area contributed by atoms with E-state index in [-0.39, 0.29) is 147 Å². The van der Waals surface area contributed by atoms with Gasteiger partial charge < -0.3 is 28.4 Å². The average molecular weight is 1400 g/mol. The average Bonchev–Trinajstić information content (AvgIpc) is 0.770. The maximum absolute atomic E-state index is 13.0. The Labute approximate surface area is 582 Å². The molecule has 0 aromatic heterocycles. The Bertz CT molecular complexity index is 2680. The Morgan fingerprint density at radius 1 is 0.474 bits per heavy atom. The lowest BCUT2D eigenvalue weighted by molar-refractivity contribution is -0.544. The number of rotatable bonds is 25. The van der Waals surface area contributed by atoms with E-state index in [4.69, 9.17) is 57.2 Å². The van der Waals surface area contributed by atoms with Crippen LogP contribution in [-0.2, 0) is 71.6 Å². The van der Waals surface area contributed by atoms with Gasteiger partial charge in [0.25, 0.3) is 0 Å². The van der Waals surface area contributed by atoms with Crippen LogP contribution in [0.15, 0.2) is 70.0 Å². The Morgan fingerprint density at radius 2 is 0.763 bits per heavy atom. The van der Waals surface area contributed by atoms with Crippen LogP contribution in [0.5, 0.6) is 0 Å². The van der Waals surface area contributed by atoms with Crippen LogP contribution in [-0.4, -0.2) is 136 Å². The summed E-state index contributed by atoms with van der Waals surface area (Å²) in [5, 5.41) is 35.5. The first kappa shape index (κ1) is 90.5. The lowest BCUT2D eigenvalue weighted by Gasteiger charge is -2.48. The van der Waals surface area contributed by atoms with Crippen molar-refractivity contribution in [3.63, 3.8) is 0 Å². The Hall–Kier alpha value is -6.49. The highest BCUT2D eigenvalue weighted by molar-refractivity contribution is 8.00. The fourth-order valence-corrected chi connectivity index (χ4v) is 15.6. The lowest BCUT2D eigenvalue weighted by atomic mass is 9.65. The zero-order valence-electron chi connectivity index (χ0n) is 60.7. The van der Waals surface area contributed by atoms with E-state index in [1.165, 1.54) is 0 Å². The topological polar surface area (TPSA) is 338 Å². The van der Waals surface area contributed by atoms with Crippen molar-refractivity contribution in [2.75, 3.05) is 19.8 Å². The fourth-order valence-electron chi connectivity index (χ4n) is 12.9. The molecule has 24 nitrogen and oxygen atoms in total. The molecular formula is C71H109N3O21S2. The molecule has 13 atom stereocenters. The van der Waals surface area contributed by atoms with E-state index in [2.05, 4.69) is 27.7 Å². The summed E-state index contributed by atoms with van der Waals surface area (Å²) in [7, 11) is 0. The maximum atomic E-state index is 13.0. The SMILES string of the molecule is CCOC(=O)C1=C[C@@H](OC(CC)CC)[C@H](C(C)(C)C)C([N+](=O)[O-])C1.CCOC(=O)C1CC([N+](=O)[O-])[C@@H](C(C)(C)C)[C@H](OC(CC)CC)C1Sc1ccc(C)cc1.CCOC(=O)[C@@H]1C[C@H]([N+](=O)[O-])[C@@H](C(C)(C)C)[C@H](OC(CC)CC)[C@@H]1Sc1ccc(C)cc1.O=C=O.O=C=O.O=C=O. The minimum absolute atomic E-state index is 0.0145. The van der Waals surface area contributed by atoms with Gasteiger partial charge in [-0.2, -0.15) is 28.8 Å². The number of nitrogens with zero attached hydrogens (tertiary/aromatic N) is 3. The molecule has 3 aliphatic carbocycles. The third-order valence-electron chi connectivity index (χ3n) is 17.4. The molecule has 0 heterocycles. The molecule has 0 spiro atoms. The highest BCUT2D eigenvalue weighted by atomic mass is 32.2. The molecule has 26 heteroatoms. The lowest BCUT2D eigenvalue weighted by Crippen LogP contribution is -2.59. The third kappa shape index (κ3) is 29.5. The number of esters is 3. The van der Waals surface area contributed by atoms with Crippen LogP contribution in [0.25, 0.3) is 0 Å². The van der Waals surface area contributed by atoms with Gasteiger partial charge in [-0.25, -0.2) is 4.79 Å². The molecule has 0 radical (unpaired) electrons. The minimum atomic E-state index is -0.862. The highest BCUT2D eigenvalue weighted by Crippen LogP contribution is 2.51. The quantitative estimate of drug-likeness (QED) is 0.0386. The normalized spacial score (nSPS) is 23.6. The molecule has 0 saturated heterocycles. The summed E-state index contributed by atoms with van der Waals surface area (Å²) in [6, 6.07) is 13.8. The molecule has 3 aliphatic rings. The van der Waals surface area contributed by atoms with Crippen LogP contribution < -0.4 is 0 Å².